The molecule has 0 saturated heterocycles. The van der Waals surface area contributed by atoms with E-state index in [0.29, 0.717) is 10.6 Å². The zero-order valence-electron chi connectivity index (χ0n) is 8.70. The average Bonchev–Trinajstić information content (AvgIpc) is 2.22. The van der Waals surface area contributed by atoms with Crippen molar-refractivity contribution in [2.45, 2.75) is 11.8 Å². The minimum absolute atomic E-state index is 0.0536. The normalized spacial score (nSPS) is 14.9. The van der Waals surface area contributed by atoms with Crippen LogP contribution in [-0.2, 0) is 9.59 Å². The molecule has 0 fully saturated rings. The van der Waals surface area contributed by atoms with Gasteiger partial charge in [-0.05, 0) is 25.1 Å². The van der Waals surface area contributed by atoms with Crippen molar-refractivity contribution in [2.75, 3.05) is 17.2 Å². The number of benzene rings is 1. The van der Waals surface area contributed by atoms with Crippen LogP contribution in [0.3, 0.4) is 0 Å². The maximum atomic E-state index is 13.0. The molecule has 0 spiro atoms. The van der Waals surface area contributed by atoms with Crippen LogP contribution in [0.25, 0.3) is 0 Å². The van der Waals surface area contributed by atoms with E-state index in [1.807, 2.05) is 0 Å². The van der Waals surface area contributed by atoms with Gasteiger partial charge in [-0.2, -0.15) is 0 Å². The van der Waals surface area contributed by atoms with Crippen LogP contribution in [-0.4, -0.2) is 24.0 Å². The molecule has 0 saturated carbocycles. The van der Waals surface area contributed by atoms with Gasteiger partial charge in [-0.1, -0.05) is 0 Å². The Morgan fingerprint density at radius 1 is 1.56 bits per heavy atom. The molecular weight excluding hydrogens is 229 g/mol. The summed E-state index contributed by atoms with van der Waals surface area (Å²) in [5, 5.41) is 0. The fourth-order valence-electron chi connectivity index (χ4n) is 1.57. The third-order valence-electron chi connectivity index (χ3n) is 2.25. The number of rotatable bonds is 2. The monoisotopic (exact) mass is 239 g/mol. The number of fused-ring (bicyclic) bond motifs is 1. The van der Waals surface area contributed by atoms with E-state index in [9.17, 15) is 14.0 Å². The van der Waals surface area contributed by atoms with Gasteiger partial charge < -0.3 is 4.90 Å². The molecule has 0 N–H and O–H groups in total. The molecule has 16 heavy (non-hydrogen) atoms. The SMILES string of the molecule is CC(=O)CN1C(=O)CSc2cc(F)ccc21. The van der Waals surface area contributed by atoms with E-state index in [0.717, 1.165) is 0 Å². The van der Waals surface area contributed by atoms with Crippen molar-refractivity contribution in [3.63, 3.8) is 0 Å². The van der Waals surface area contributed by atoms with Gasteiger partial charge in [0.05, 0.1) is 18.0 Å². The van der Waals surface area contributed by atoms with Crippen molar-refractivity contribution in [1.29, 1.82) is 0 Å². The van der Waals surface area contributed by atoms with Crippen molar-refractivity contribution in [3.8, 4) is 0 Å². The Balaban J connectivity index is 2.40. The van der Waals surface area contributed by atoms with E-state index < -0.39 is 0 Å². The van der Waals surface area contributed by atoms with Crippen molar-refractivity contribution >= 4 is 29.1 Å². The lowest BCUT2D eigenvalue weighted by atomic mass is 10.2. The smallest absolute Gasteiger partial charge is 0.237 e. The van der Waals surface area contributed by atoms with Gasteiger partial charge in [-0.15, -0.1) is 11.8 Å². The number of Topliss-reactive ketones (excluding diaryl/α,β-unsaturated/α-hetero) is 1. The Labute approximate surface area is 96.6 Å². The first-order valence-electron chi connectivity index (χ1n) is 4.80. The lowest BCUT2D eigenvalue weighted by Gasteiger charge is -2.27. The molecular formula is C11H10FNO2S. The van der Waals surface area contributed by atoms with E-state index in [2.05, 4.69) is 0 Å². The summed E-state index contributed by atoms with van der Waals surface area (Å²) in [5.74, 6) is -0.276. The number of carbonyl (C=O) groups excluding carboxylic acids is 2. The Hall–Kier alpha value is -1.36. The van der Waals surface area contributed by atoms with Crippen molar-refractivity contribution in [1.82, 2.24) is 0 Å². The number of halogens is 1. The molecule has 1 heterocycles. The van der Waals surface area contributed by atoms with Crippen molar-refractivity contribution in [2.24, 2.45) is 0 Å². The van der Waals surface area contributed by atoms with Gasteiger partial charge in [-0.25, -0.2) is 4.39 Å². The van der Waals surface area contributed by atoms with Crippen LogP contribution >= 0.6 is 11.8 Å². The number of amides is 1. The summed E-state index contributed by atoms with van der Waals surface area (Å²) in [6.45, 7) is 1.48. The fraction of sp³-hybridized carbons (Fsp3) is 0.273. The van der Waals surface area contributed by atoms with Gasteiger partial charge in [0, 0.05) is 4.90 Å². The zero-order chi connectivity index (χ0) is 11.7. The first-order valence-corrected chi connectivity index (χ1v) is 5.78. The number of hydrogen-bond donors (Lipinski definition) is 0. The van der Waals surface area contributed by atoms with E-state index in [1.54, 1.807) is 0 Å². The fourth-order valence-corrected chi connectivity index (χ4v) is 2.53. The molecule has 0 radical (unpaired) electrons. The van der Waals surface area contributed by atoms with Gasteiger partial charge in [0.15, 0.2) is 0 Å². The zero-order valence-corrected chi connectivity index (χ0v) is 9.51. The first kappa shape index (κ1) is 11.1. The quantitative estimate of drug-likeness (QED) is 0.790. The van der Waals surface area contributed by atoms with Crippen molar-refractivity contribution in [3.05, 3.63) is 24.0 Å². The second kappa shape index (κ2) is 4.25. The van der Waals surface area contributed by atoms with Crippen molar-refractivity contribution < 1.29 is 14.0 Å². The van der Waals surface area contributed by atoms with Crippen LogP contribution in [0.5, 0.6) is 0 Å². The molecule has 1 aliphatic rings. The second-order valence-electron chi connectivity index (χ2n) is 3.58. The van der Waals surface area contributed by atoms with E-state index >= 15 is 0 Å². The third-order valence-corrected chi connectivity index (χ3v) is 3.27. The van der Waals surface area contributed by atoms with Gasteiger partial charge in [-0.3, -0.25) is 9.59 Å². The number of ketones is 1. The Kier molecular flexibility index (Phi) is 2.96. The largest absolute Gasteiger partial charge is 0.303 e. The highest BCUT2D eigenvalue weighted by Gasteiger charge is 2.25. The van der Waals surface area contributed by atoms with Crippen LogP contribution in [0, 0.1) is 5.82 Å². The van der Waals surface area contributed by atoms with E-state index in [4.69, 9.17) is 0 Å². The average molecular weight is 239 g/mol. The molecule has 1 amide bonds. The summed E-state index contributed by atoms with van der Waals surface area (Å²) >= 11 is 1.30. The molecule has 0 aliphatic carbocycles. The molecule has 0 unspecified atom stereocenters. The third kappa shape index (κ3) is 2.09. The molecule has 0 bridgehead atoms. The number of anilines is 1. The molecule has 2 rings (SSSR count). The Morgan fingerprint density at radius 2 is 2.31 bits per heavy atom. The van der Waals surface area contributed by atoms with Crippen LogP contribution in [0.1, 0.15) is 6.92 Å². The summed E-state index contributed by atoms with van der Waals surface area (Å²) < 4.78 is 13.0. The molecule has 5 heteroatoms. The van der Waals surface area contributed by atoms with Crippen LogP contribution in [0.4, 0.5) is 10.1 Å². The van der Waals surface area contributed by atoms with Crippen LogP contribution in [0.2, 0.25) is 0 Å². The molecule has 1 aromatic rings. The number of hydrogen-bond acceptors (Lipinski definition) is 3. The minimum Gasteiger partial charge on any atom is -0.303 e. The lowest BCUT2D eigenvalue weighted by molar-refractivity contribution is -0.120. The topological polar surface area (TPSA) is 37.4 Å². The summed E-state index contributed by atoms with van der Waals surface area (Å²) in [5.41, 5.74) is 0.623. The lowest BCUT2D eigenvalue weighted by Crippen LogP contribution is -2.38. The molecule has 0 aromatic heterocycles. The standard InChI is InChI=1S/C11H10FNO2S/c1-7(14)5-13-9-3-2-8(12)4-10(9)16-6-11(13)15/h2-4H,5-6H2,1H3. The van der Waals surface area contributed by atoms with Gasteiger partial charge in [0.2, 0.25) is 5.91 Å². The highest BCUT2D eigenvalue weighted by Crippen LogP contribution is 2.35. The summed E-state index contributed by atoms with van der Waals surface area (Å²) in [6, 6.07) is 4.22. The minimum atomic E-state index is -0.330. The van der Waals surface area contributed by atoms with E-state index in [1.165, 1.54) is 41.8 Å². The maximum Gasteiger partial charge on any atom is 0.237 e. The molecule has 3 nitrogen and oxygen atoms in total. The highest BCUT2D eigenvalue weighted by atomic mass is 32.2. The van der Waals surface area contributed by atoms with Gasteiger partial charge >= 0.3 is 0 Å². The highest BCUT2D eigenvalue weighted by molar-refractivity contribution is 8.00. The van der Waals surface area contributed by atoms with Gasteiger partial charge in [0.1, 0.15) is 11.6 Å². The van der Waals surface area contributed by atoms with Crippen LogP contribution in [0.15, 0.2) is 23.1 Å². The number of nitrogens with zero attached hydrogens (tertiary/aromatic N) is 1. The predicted octanol–water partition coefficient (Wildman–Crippen LogP) is 1.85. The van der Waals surface area contributed by atoms with Gasteiger partial charge in [0.25, 0.3) is 0 Å². The summed E-state index contributed by atoms with van der Waals surface area (Å²) in [7, 11) is 0. The maximum absolute atomic E-state index is 13.0. The summed E-state index contributed by atoms with van der Waals surface area (Å²) in [4.78, 5) is 24.8. The number of carbonyl (C=O) groups is 2. The molecule has 0 atom stereocenters. The van der Waals surface area contributed by atoms with Crippen LogP contribution < -0.4 is 4.90 Å². The summed E-state index contributed by atoms with van der Waals surface area (Å²) in [6.07, 6.45) is 0. The Morgan fingerprint density at radius 3 is 3.00 bits per heavy atom. The second-order valence-corrected chi connectivity index (χ2v) is 4.60. The predicted molar refractivity (Wildman–Crippen MR) is 60.2 cm³/mol. The first-order chi connectivity index (χ1) is 7.58. The molecule has 84 valence electrons. The van der Waals surface area contributed by atoms with E-state index in [-0.39, 0.29) is 29.8 Å². The number of thioether (sulfide) groups is 1. The molecule has 1 aromatic carbocycles. The molecule has 1 aliphatic heterocycles. The Bertz CT molecular complexity index is 461.